The van der Waals surface area contributed by atoms with Gasteiger partial charge in [-0.2, -0.15) is 0 Å². The molecule has 0 aliphatic heterocycles. The first-order valence-electron chi connectivity index (χ1n) is 7.76. The topological polar surface area (TPSA) is 26.3 Å². The van der Waals surface area contributed by atoms with Crippen LogP contribution in [0.15, 0.2) is 42.5 Å². The number of hydrogen-bond acceptors (Lipinski definition) is 2. The van der Waals surface area contributed by atoms with Crippen LogP contribution in [0.4, 0.5) is 0 Å². The van der Waals surface area contributed by atoms with E-state index in [9.17, 15) is 4.79 Å². The van der Waals surface area contributed by atoms with Crippen molar-refractivity contribution >= 4 is 31.0 Å². The van der Waals surface area contributed by atoms with E-state index in [-0.39, 0.29) is 14.1 Å². The Balaban J connectivity index is 1.99. The molecule has 0 saturated carbocycles. The Bertz CT molecular complexity index is 645. The summed E-state index contributed by atoms with van der Waals surface area (Å²) in [5, 5.41) is 1.52. The monoisotopic (exact) mass is 348 g/mol. The van der Waals surface area contributed by atoms with E-state index in [0.717, 1.165) is 29.6 Å². The van der Waals surface area contributed by atoms with Crippen molar-refractivity contribution in [1.82, 2.24) is 0 Å². The number of carbonyl (C=O) groups excluding carboxylic acids is 1. The van der Waals surface area contributed by atoms with Gasteiger partial charge in [0.2, 0.25) is 0 Å². The van der Waals surface area contributed by atoms with E-state index in [1.165, 1.54) is 0 Å². The van der Waals surface area contributed by atoms with Crippen LogP contribution < -0.4 is 10.0 Å². The van der Waals surface area contributed by atoms with Gasteiger partial charge in [0.1, 0.15) is 5.75 Å². The number of benzene rings is 2. The zero-order chi connectivity index (χ0) is 16.8. The van der Waals surface area contributed by atoms with Crippen LogP contribution in [-0.4, -0.2) is 12.1 Å². The molecule has 0 spiro atoms. The van der Waals surface area contributed by atoms with Gasteiger partial charge >= 0.3 is 0 Å². The average molecular weight is 349 g/mol. The van der Waals surface area contributed by atoms with Gasteiger partial charge in [-0.15, -0.1) is 0 Å². The lowest BCUT2D eigenvalue weighted by Gasteiger charge is -2.10. The molecule has 0 aliphatic rings. The molecule has 0 radical (unpaired) electrons. The molecule has 1 unspecified atom stereocenters. The Morgan fingerprint density at radius 3 is 2.48 bits per heavy atom. The zero-order valence-electron chi connectivity index (χ0n) is 13.7. The SMILES string of the molecule is Cc1cccc(Cl)c1C(=O)Pc1ccc(OCCC(C)C)cc1. The first-order valence-corrected chi connectivity index (χ1v) is 9.14. The molecule has 2 aromatic rings. The van der Waals surface area contributed by atoms with Crippen LogP contribution in [-0.2, 0) is 0 Å². The van der Waals surface area contributed by atoms with Crippen molar-refractivity contribution in [3.63, 3.8) is 0 Å². The Labute approximate surface area is 145 Å². The number of halogens is 1. The predicted octanol–water partition coefficient (Wildman–Crippen LogP) is 5.22. The second kappa shape index (κ2) is 8.47. The van der Waals surface area contributed by atoms with E-state index < -0.39 is 0 Å². The molecule has 23 heavy (non-hydrogen) atoms. The molecule has 0 amide bonds. The van der Waals surface area contributed by atoms with Gasteiger partial charge in [-0.25, -0.2) is 0 Å². The van der Waals surface area contributed by atoms with Crippen LogP contribution in [0.25, 0.3) is 0 Å². The Morgan fingerprint density at radius 1 is 1.17 bits per heavy atom. The van der Waals surface area contributed by atoms with E-state index in [1.54, 1.807) is 6.07 Å². The molecule has 1 atom stereocenters. The van der Waals surface area contributed by atoms with Gasteiger partial charge in [-0.05, 0) is 56.9 Å². The summed E-state index contributed by atoms with van der Waals surface area (Å²) in [6.07, 6.45) is 1.04. The normalized spacial score (nSPS) is 11.3. The van der Waals surface area contributed by atoms with Gasteiger partial charge in [0.25, 0.3) is 0 Å². The number of rotatable bonds is 7. The summed E-state index contributed by atoms with van der Waals surface area (Å²) in [6.45, 7) is 6.98. The molecule has 0 fully saturated rings. The molecule has 0 aromatic heterocycles. The zero-order valence-corrected chi connectivity index (χ0v) is 15.5. The summed E-state index contributed by atoms with van der Waals surface area (Å²) in [5.41, 5.74) is 1.62. The predicted molar refractivity (Wildman–Crippen MR) is 99.9 cm³/mol. The maximum Gasteiger partial charge on any atom is 0.187 e. The third kappa shape index (κ3) is 5.34. The second-order valence-corrected chi connectivity index (χ2v) is 7.63. The molecular formula is C19H22ClO2P. The third-order valence-electron chi connectivity index (χ3n) is 3.53. The smallest absolute Gasteiger partial charge is 0.187 e. The van der Waals surface area contributed by atoms with Crippen molar-refractivity contribution < 1.29 is 9.53 Å². The summed E-state index contributed by atoms with van der Waals surface area (Å²) in [5.74, 6) is 1.48. The van der Waals surface area contributed by atoms with Crippen molar-refractivity contribution in [2.45, 2.75) is 27.2 Å². The van der Waals surface area contributed by atoms with Gasteiger partial charge in [-0.3, -0.25) is 4.79 Å². The summed E-state index contributed by atoms with van der Waals surface area (Å²) >= 11 is 6.16. The standard InChI is InChI=1S/C19H22ClO2P/c1-13(2)11-12-22-15-7-9-16(10-8-15)23-19(21)18-14(3)5-4-6-17(18)20/h4-10,13,23H,11-12H2,1-3H3. The molecule has 0 saturated heterocycles. The number of ether oxygens (including phenoxy) is 1. The minimum atomic E-state index is 0.0643. The van der Waals surface area contributed by atoms with Crippen LogP contribution in [0, 0.1) is 12.8 Å². The molecule has 0 N–H and O–H groups in total. The van der Waals surface area contributed by atoms with Gasteiger partial charge in [0.15, 0.2) is 5.52 Å². The van der Waals surface area contributed by atoms with Gasteiger partial charge < -0.3 is 4.74 Å². The van der Waals surface area contributed by atoms with Crippen molar-refractivity contribution in [3.8, 4) is 5.75 Å². The van der Waals surface area contributed by atoms with Crippen LogP contribution in [0.2, 0.25) is 5.02 Å². The van der Waals surface area contributed by atoms with Gasteiger partial charge in [0.05, 0.1) is 11.6 Å². The van der Waals surface area contributed by atoms with E-state index >= 15 is 0 Å². The lowest BCUT2D eigenvalue weighted by atomic mass is 10.1. The highest BCUT2D eigenvalue weighted by molar-refractivity contribution is 7.66. The van der Waals surface area contributed by atoms with E-state index in [1.807, 2.05) is 43.3 Å². The van der Waals surface area contributed by atoms with Crippen LogP contribution in [0.5, 0.6) is 5.75 Å². The molecule has 0 aliphatic carbocycles. The summed E-state index contributed by atoms with van der Waals surface area (Å²) in [7, 11) is 0.0643. The van der Waals surface area contributed by atoms with Crippen LogP contribution >= 0.6 is 20.2 Å². The first-order chi connectivity index (χ1) is 11.0. The van der Waals surface area contributed by atoms with E-state index in [0.29, 0.717) is 16.5 Å². The summed E-state index contributed by atoms with van der Waals surface area (Å²) in [6, 6.07) is 13.3. The van der Waals surface area contributed by atoms with Crippen molar-refractivity contribution in [2.75, 3.05) is 6.61 Å². The fourth-order valence-corrected chi connectivity index (χ4v) is 3.60. The van der Waals surface area contributed by atoms with E-state index in [4.69, 9.17) is 16.3 Å². The maximum absolute atomic E-state index is 12.5. The van der Waals surface area contributed by atoms with Crippen molar-refractivity contribution in [1.29, 1.82) is 0 Å². The second-order valence-electron chi connectivity index (χ2n) is 5.94. The van der Waals surface area contributed by atoms with Gasteiger partial charge in [0, 0.05) is 5.56 Å². The third-order valence-corrected chi connectivity index (χ3v) is 4.94. The average Bonchev–Trinajstić information content (AvgIpc) is 2.48. The maximum atomic E-state index is 12.5. The first kappa shape index (κ1) is 18.0. The minimum absolute atomic E-state index is 0.0643. The highest BCUT2D eigenvalue weighted by Gasteiger charge is 2.13. The molecule has 0 bridgehead atoms. The molecular weight excluding hydrogens is 327 g/mol. The Kier molecular flexibility index (Phi) is 6.62. The lowest BCUT2D eigenvalue weighted by molar-refractivity contribution is 0.108. The Morgan fingerprint density at radius 2 is 1.87 bits per heavy atom. The molecule has 122 valence electrons. The molecule has 2 rings (SSSR count). The number of aryl methyl sites for hydroxylation is 1. The fraction of sp³-hybridized carbons (Fsp3) is 0.316. The number of carbonyl (C=O) groups is 1. The number of hydrogen-bond donors (Lipinski definition) is 0. The largest absolute Gasteiger partial charge is 0.494 e. The van der Waals surface area contributed by atoms with Gasteiger partial charge in [-0.1, -0.05) is 49.7 Å². The summed E-state index contributed by atoms with van der Waals surface area (Å²) in [4.78, 5) is 12.5. The quantitative estimate of drug-likeness (QED) is 0.641. The molecule has 2 aromatic carbocycles. The highest BCUT2D eigenvalue weighted by atomic mass is 35.5. The van der Waals surface area contributed by atoms with Crippen molar-refractivity contribution in [3.05, 3.63) is 58.6 Å². The van der Waals surface area contributed by atoms with Crippen LogP contribution in [0.1, 0.15) is 36.2 Å². The van der Waals surface area contributed by atoms with Crippen LogP contribution in [0.3, 0.4) is 0 Å². The molecule has 4 heteroatoms. The summed E-state index contributed by atoms with van der Waals surface area (Å²) < 4.78 is 5.70. The van der Waals surface area contributed by atoms with E-state index in [2.05, 4.69) is 13.8 Å². The fourth-order valence-electron chi connectivity index (χ4n) is 2.16. The minimum Gasteiger partial charge on any atom is -0.494 e. The highest BCUT2D eigenvalue weighted by Crippen LogP contribution is 2.27. The molecule has 2 nitrogen and oxygen atoms in total. The molecule has 0 heterocycles. The van der Waals surface area contributed by atoms with Crippen molar-refractivity contribution in [2.24, 2.45) is 5.92 Å². The Hall–Kier alpha value is -1.37. The lowest BCUT2D eigenvalue weighted by Crippen LogP contribution is -2.05.